The number of terminal acetylenes is 1. The molecule has 0 aliphatic heterocycles. The fourth-order valence-corrected chi connectivity index (χ4v) is 3.46. The maximum atomic E-state index is 12.7. The van der Waals surface area contributed by atoms with E-state index >= 15 is 0 Å². The Labute approximate surface area is 227 Å². The van der Waals surface area contributed by atoms with Crippen LogP contribution in [-0.2, 0) is 19.4 Å². The van der Waals surface area contributed by atoms with Crippen molar-refractivity contribution in [2.24, 2.45) is 0 Å². The molecule has 0 spiro atoms. The van der Waals surface area contributed by atoms with Crippen LogP contribution >= 0.6 is 34.2 Å². The fourth-order valence-electron chi connectivity index (χ4n) is 2.74. The standard InChI is InChI=1S/C24H24ClIN2O8/c1-5-12-27(13-6-7-22(29)34-24(2,3)4)36-35-23(30)18-15-17(9-10-19(18)26)33-21-11-8-16(25)14-20(21)28(31)32/h1,8-11,14-15H,6-7,12-13H2,2-4H3. The highest BCUT2D eigenvalue weighted by Gasteiger charge is 2.21. The Balaban J connectivity index is 2.03. The van der Waals surface area contributed by atoms with Gasteiger partial charge < -0.3 is 9.47 Å². The van der Waals surface area contributed by atoms with Gasteiger partial charge in [0.1, 0.15) is 11.4 Å². The maximum Gasteiger partial charge on any atom is 0.376 e. The molecular formula is C24H24ClIN2O8. The highest BCUT2D eigenvalue weighted by atomic mass is 127. The third-order valence-electron chi connectivity index (χ3n) is 4.20. The van der Waals surface area contributed by atoms with Crippen molar-refractivity contribution in [1.82, 2.24) is 5.06 Å². The summed E-state index contributed by atoms with van der Waals surface area (Å²) in [5, 5.41) is 12.7. The van der Waals surface area contributed by atoms with Gasteiger partial charge in [0.15, 0.2) is 0 Å². The van der Waals surface area contributed by atoms with Gasteiger partial charge in [0.05, 0.1) is 17.0 Å². The third kappa shape index (κ3) is 9.62. The minimum absolute atomic E-state index is 0.00206. The van der Waals surface area contributed by atoms with Crippen molar-refractivity contribution in [2.45, 2.75) is 39.2 Å². The Morgan fingerprint density at radius 3 is 2.58 bits per heavy atom. The van der Waals surface area contributed by atoms with Gasteiger partial charge in [0.2, 0.25) is 5.75 Å². The van der Waals surface area contributed by atoms with E-state index in [0.717, 1.165) is 6.07 Å². The predicted molar refractivity (Wildman–Crippen MR) is 139 cm³/mol. The number of nitro groups is 1. The Hall–Kier alpha value is -2.92. The van der Waals surface area contributed by atoms with Gasteiger partial charge in [-0.25, -0.2) is 4.79 Å². The van der Waals surface area contributed by atoms with Gasteiger partial charge in [0, 0.05) is 27.6 Å². The average Bonchev–Trinajstić information content (AvgIpc) is 2.78. The minimum atomic E-state index is -0.843. The summed E-state index contributed by atoms with van der Waals surface area (Å²) < 4.78 is 11.4. The number of halogens is 2. The van der Waals surface area contributed by atoms with E-state index in [4.69, 9.17) is 37.4 Å². The molecule has 2 aromatic rings. The molecule has 0 N–H and O–H groups in total. The molecule has 0 aliphatic carbocycles. The monoisotopic (exact) mass is 630 g/mol. The third-order valence-corrected chi connectivity index (χ3v) is 5.37. The number of nitro benzene ring substituents is 1. The number of carbonyl (C=O) groups excluding carboxylic acids is 2. The molecule has 0 unspecified atom stereocenters. The Kier molecular flexibility index (Phi) is 10.9. The highest BCUT2D eigenvalue weighted by molar-refractivity contribution is 14.1. The molecule has 36 heavy (non-hydrogen) atoms. The van der Waals surface area contributed by atoms with Crippen molar-refractivity contribution in [2.75, 3.05) is 13.1 Å². The van der Waals surface area contributed by atoms with Crippen molar-refractivity contribution in [1.29, 1.82) is 0 Å². The summed E-state index contributed by atoms with van der Waals surface area (Å²) in [5.41, 5.74) is -0.820. The Bertz CT molecular complexity index is 1160. The largest absolute Gasteiger partial charge is 0.460 e. The van der Waals surface area contributed by atoms with Gasteiger partial charge in [0.25, 0.3) is 0 Å². The van der Waals surface area contributed by atoms with Crippen LogP contribution in [0.2, 0.25) is 5.02 Å². The number of ether oxygens (including phenoxy) is 2. The van der Waals surface area contributed by atoms with Crippen molar-refractivity contribution < 1.29 is 33.9 Å². The first-order chi connectivity index (χ1) is 16.9. The van der Waals surface area contributed by atoms with Gasteiger partial charge in [-0.15, -0.1) is 11.5 Å². The summed E-state index contributed by atoms with van der Waals surface area (Å²) in [6, 6.07) is 8.44. The van der Waals surface area contributed by atoms with Crippen LogP contribution in [0.4, 0.5) is 5.69 Å². The maximum absolute atomic E-state index is 12.7. The van der Waals surface area contributed by atoms with Crippen LogP contribution in [0.5, 0.6) is 11.5 Å². The lowest BCUT2D eigenvalue weighted by molar-refractivity contribution is -0.385. The number of benzene rings is 2. The second-order valence-electron chi connectivity index (χ2n) is 8.32. The Morgan fingerprint density at radius 2 is 1.94 bits per heavy atom. The summed E-state index contributed by atoms with van der Waals surface area (Å²) in [7, 11) is 0. The van der Waals surface area contributed by atoms with E-state index in [-0.39, 0.29) is 53.3 Å². The average molecular weight is 631 g/mol. The van der Waals surface area contributed by atoms with Gasteiger partial charge in [-0.1, -0.05) is 22.5 Å². The van der Waals surface area contributed by atoms with Crippen LogP contribution < -0.4 is 4.74 Å². The molecule has 0 heterocycles. The van der Waals surface area contributed by atoms with Crippen molar-refractivity contribution in [3.8, 4) is 23.8 Å². The van der Waals surface area contributed by atoms with Crippen molar-refractivity contribution in [3.63, 3.8) is 0 Å². The summed E-state index contributed by atoms with van der Waals surface area (Å²) in [6.45, 7) is 5.53. The van der Waals surface area contributed by atoms with E-state index in [1.807, 2.05) is 22.6 Å². The summed E-state index contributed by atoms with van der Waals surface area (Å²) in [6.07, 6.45) is 5.83. The molecule has 0 fully saturated rings. The molecule has 0 amide bonds. The molecule has 2 aromatic carbocycles. The lowest BCUT2D eigenvalue weighted by atomic mass is 10.2. The molecule has 0 aromatic heterocycles. The van der Waals surface area contributed by atoms with Crippen LogP contribution in [0.3, 0.4) is 0 Å². The van der Waals surface area contributed by atoms with Gasteiger partial charge >= 0.3 is 17.6 Å². The second kappa shape index (κ2) is 13.4. The normalized spacial score (nSPS) is 11.0. The lowest BCUT2D eigenvalue weighted by Gasteiger charge is -2.20. The molecule has 2 rings (SSSR count). The SMILES string of the molecule is C#CCN(CCCC(=O)OC(C)(C)C)OOC(=O)c1cc(Oc2ccc(Cl)cc2[N+](=O)[O-])ccc1I. The number of hydroxylamine groups is 2. The van der Waals surface area contributed by atoms with Gasteiger partial charge in [-0.3, -0.25) is 19.8 Å². The molecule has 0 saturated carbocycles. The van der Waals surface area contributed by atoms with E-state index in [1.165, 1.54) is 23.3 Å². The zero-order valence-electron chi connectivity index (χ0n) is 19.8. The van der Waals surface area contributed by atoms with Crippen molar-refractivity contribution >= 4 is 51.8 Å². The van der Waals surface area contributed by atoms with E-state index < -0.39 is 16.5 Å². The van der Waals surface area contributed by atoms with Crippen LogP contribution in [0.1, 0.15) is 44.0 Å². The molecule has 0 aliphatic rings. The molecule has 0 saturated heterocycles. The molecule has 10 nitrogen and oxygen atoms in total. The minimum Gasteiger partial charge on any atom is -0.460 e. The van der Waals surface area contributed by atoms with Gasteiger partial charge in [-0.2, -0.15) is 0 Å². The van der Waals surface area contributed by atoms with Gasteiger partial charge in [-0.05, 0) is 80.1 Å². The fraction of sp³-hybridized carbons (Fsp3) is 0.333. The first-order valence-corrected chi connectivity index (χ1v) is 12.1. The van der Waals surface area contributed by atoms with Crippen LogP contribution in [0.25, 0.3) is 0 Å². The molecule has 192 valence electrons. The molecule has 12 heteroatoms. The first kappa shape index (κ1) is 29.3. The van der Waals surface area contributed by atoms with E-state index in [2.05, 4.69) is 5.92 Å². The summed E-state index contributed by atoms with van der Waals surface area (Å²) in [4.78, 5) is 45.2. The zero-order valence-corrected chi connectivity index (χ0v) is 22.7. The van der Waals surface area contributed by atoms with Crippen LogP contribution in [0.15, 0.2) is 36.4 Å². The predicted octanol–water partition coefficient (Wildman–Crippen LogP) is 5.71. The van der Waals surface area contributed by atoms with E-state index in [0.29, 0.717) is 9.99 Å². The molecule has 0 radical (unpaired) electrons. The first-order valence-electron chi connectivity index (χ1n) is 10.6. The van der Waals surface area contributed by atoms with Crippen LogP contribution in [0, 0.1) is 26.0 Å². The number of hydrogen-bond acceptors (Lipinski definition) is 9. The number of carbonyl (C=O) groups is 2. The summed E-state index contributed by atoms with van der Waals surface area (Å²) in [5.74, 6) is 1.28. The molecular weight excluding hydrogens is 607 g/mol. The Morgan fingerprint density at radius 1 is 1.22 bits per heavy atom. The highest BCUT2D eigenvalue weighted by Crippen LogP contribution is 2.34. The van der Waals surface area contributed by atoms with E-state index in [9.17, 15) is 19.7 Å². The number of nitrogens with zero attached hydrogens (tertiary/aromatic N) is 2. The quantitative estimate of drug-likeness (QED) is 0.0769. The van der Waals surface area contributed by atoms with Crippen molar-refractivity contribution in [3.05, 3.63) is 60.7 Å². The van der Waals surface area contributed by atoms with E-state index in [1.54, 1.807) is 32.9 Å². The lowest BCUT2D eigenvalue weighted by Crippen LogP contribution is -2.29. The molecule has 0 atom stereocenters. The number of esters is 1. The zero-order chi connectivity index (χ0) is 26.9. The molecule has 0 bridgehead atoms. The number of hydrogen-bond donors (Lipinski definition) is 0. The smallest absolute Gasteiger partial charge is 0.376 e. The second-order valence-corrected chi connectivity index (χ2v) is 9.91. The van der Waals surface area contributed by atoms with Crippen LogP contribution in [-0.4, -0.2) is 40.6 Å². The topological polar surface area (TPSA) is 117 Å². The number of rotatable bonds is 11. The summed E-state index contributed by atoms with van der Waals surface area (Å²) >= 11 is 7.76.